The molecule has 0 saturated carbocycles. The van der Waals surface area contributed by atoms with E-state index < -0.39 is 0 Å². The van der Waals surface area contributed by atoms with Crippen LogP contribution in [0.15, 0.2) is 46.9 Å². The topological polar surface area (TPSA) is 35.2 Å². The number of halogens is 2. The van der Waals surface area contributed by atoms with Crippen molar-refractivity contribution < 1.29 is 9.13 Å². The minimum atomic E-state index is -0.260. The van der Waals surface area contributed by atoms with Crippen LogP contribution in [0.25, 0.3) is 0 Å². The summed E-state index contributed by atoms with van der Waals surface area (Å²) in [5.41, 5.74) is 7.85. The molecule has 0 amide bonds. The van der Waals surface area contributed by atoms with Gasteiger partial charge in [0, 0.05) is 10.5 Å². The highest BCUT2D eigenvalue weighted by atomic mass is 79.9. The predicted molar refractivity (Wildman–Crippen MR) is 86.8 cm³/mol. The van der Waals surface area contributed by atoms with Gasteiger partial charge in [-0.3, -0.25) is 0 Å². The van der Waals surface area contributed by atoms with Gasteiger partial charge in [0.05, 0.1) is 0 Å². The maximum Gasteiger partial charge on any atom is 0.123 e. The zero-order chi connectivity index (χ0) is 15.2. The molecular formula is C17H19BrFNO. The van der Waals surface area contributed by atoms with E-state index in [-0.39, 0.29) is 11.9 Å². The van der Waals surface area contributed by atoms with Crippen LogP contribution in [0.4, 0.5) is 4.39 Å². The van der Waals surface area contributed by atoms with Crippen LogP contribution >= 0.6 is 15.9 Å². The van der Waals surface area contributed by atoms with Gasteiger partial charge in [-0.05, 0) is 54.3 Å². The van der Waals surface area contributed by atoms with Crippen LogP contribution in [-0.2, 0) is 13.0 Å². The summed E-state index contributed by atoms with van der Waals surface area (Å²) in [4.78, 5) is 0. The molecule has 2 nitrogen and oxygen atoms in total. The largest absolute Gasteiger partial charge is 0.489 e. The Morgan fingerprint density at radius 2 is 1.90 bits per heavy atom. The van der Waals surface area contributed by atoms with Crippen molar-refractivity contribution in [1.82, 2.24) is 0 Å². The van der Waals surface area contributed by atoms with Gasteiger partial charge in [0.15, 0.2) is 0 Å². The summed E-state index contributed by atoms with van der Waals surface area (Å²) in [6.07, 6.45) is 1.46. The lowest BCUT2D eigenvalue weighted by Crippen LogP contribution is -2.21. The van der Waals surface area contributed by atoms with E-state index in [9.17, 15) is 4.39 Å². The third kappa shape index (κ3) is 4.83. The fourth-order valence-corrected chi connectivity index (χ4v) is 2.28. The van der Waals surface area contributed by atoms with Gasteiger partial charge in [-0.25, -0.2) is 4.39 Å². The number of hydrogen-bond acceptors (Lipinski definition) is 2. The van der Waals surface area contributed by atoms with Gasteiger partial charge in [0.2, 0.25) is 0 Å². The molecule has 0 saturated heterocycles. The molecule has 2 aromatic rings. The average Bonchev–Trinajstić information content (AvgIpc) is 2.48. The van der Waals surface area contributed by atoms with Gasteiger partial charge < -0.3 is 10.5 Å². The maximum atomic E-state index is 13.4. The molecule has 1 atom stereocenters. The lowest BCUT2D eigenvalue weighted by molar-refractivity contribution is 0.301. The first kappa shape index (κ1) is 16.0. The number of benzene rings is 2. The maximum absolute atomic E-state index is 13.4. The molecular weight excluding hydrogens is 333 g/mol. The Morgan fingerprint density at radius 1 is 1.19 bits per heavy atom. The zero-order valence-corrected chi connectivity index (χ0v) is 13.6. The molecule has 0 aliphatic rings. The quantitative estimate of drug-likeness (QED) is 0.834. The van der Waals surface area contributed by atoms with Crippen molar-refractivity contribution >= 4 is 15.9 Å². The molecule has 21 heavy (non-hydrogen) atoms. The Hall–Kier alpha value is -1.39. The monoisotopic (exact) mass is 351 g/mol. The van der Waals surface area contributed by atoms with Crippen molar-refractivity contribution in [2.45, 2.75) is 32.4 Å². The number of nitrogens with two attached hydrogens (primary N) is 1. The first-order chi connectivity index (χ1) is 10.1. The van der Waals surface area contributed by atoms with Crippen LogP contribution in [0.3, 0.4) is 0 Å². The molecule has 0 aliphatic carbocycles. The standard InChI is InChI=1S/C17H19BrFNO/c1-2-16(20)10-13-9-15(19)7-8-17(13)21-11-12-3-5-14(18)6-4-12/h3-9,16H,2,10-11,20H2,1H3. The molecule has 1 unspecified atom stereocenters. The van der Waals surface area contributed by atoms with E-state index in [1.165, 1.54) is 12.1 Å². The first-order valence-electron chi connectivity index (χ1n) is 6.99. The molecule has 0 radical (unpaired) electrons. The zero-order valence-electron chi connectivity index (χ0n) is 12.0. The van der Waals surface area contributed by atoms with Crippen molar-refractivity contribution in [2.24, 2.45) is 5.73 Å². The van der Waals surface area contributed by atoms with Crippen molar-refractivity contribution in [3.8, 4) is 5.75 Å². The third-order valence-electron chi connectivity index (χ3n) is 3.34. The van der Waals surface area contributed by atoms with E-state index in [1.54, 1.807) is 6.07 Å². The smallest absolute Gasteiger partial charge is 0.123 e. The Bertz CT molecular complexity index is 586. The summed E-state index contributed by atoms with van der Waals surface area (Å²) in [5.74, 6) is 0.438. The van der Waals surface area contributed by atoms with Crippen molar-refractivity contribution in [3.05, 3.63) is 63.9 Å². The summed E-state index contributed by atoms with van der Waals surface area (Å²) in [6.45, 7) is 2.47. The lowest BCUT2D eigenvalue weighted by atomic mass is 10.0. The third-order valence-corrected chi connectivity index (χ3v) is 3.87. The Morgan fingerprint density at radius 3 is 2.57 bits per heavy atom. The Kier molecular flexibility index (Phi) is 5.76. The molecule has 112 valence electrons. The number of hydrogen-bond donors (Lipinski definition) is 1. The number of ether oxygens (including phenoxy) is 1. The second-order valence-electron chi connectivity index (χ2n) is 5.04. The SMILES string of the molecule is CCC(N)Cc1cc(F)ccc1OCc1ccc(Br)cc1. The van der Waals surface area contributed by atoms with Crippen LogP contribution in [0, 0.1) is 5.82 Å². The minimum Gasteiger partial charge on any atom is -0.489 e. The van der Waals surface area contributed by atoms with Gasteiger partial charge in [-0.2, -0.15) is 0 Å². The van der Waals surface area contributed by atoms with E-state index in [0.29, 0.717) is 18.8 Å². The molecule has 2 N–H and O–H groups in total. The summed E-state index contributed by atoms with van der Waals surface area (Å²) in [7, 11) is 0. The lowest BCUT2D eigenvalue weighted by Gasteiger charge is -2.14. The fraction of sp³-hybridized carbons (Fsp3) is 0.294. The molecule has 2 aromatic carbocycles. The summed E-state index contributed by atoms with van der Waals surface area (Å²) >= 11 is 3.40. The first-order valence-corrected chi connectivity index (χ1v) is 7.79. The van der Waals surface area contributed by atoms with Crippen LogP contribution in [0.5, 0.6) is 5.75 Å². The van der Waals surface area contributed by atoms with Crippen molar-refractivity contribution in [3.63, 3.8) is 0 Å². The molecule has 0 aromatic heterocycles. The van der Waals surface area contributed by atoms with Gasteiger partial charge >= 0.3 is 0 Å². The highest BCUT2D eigenvalue weighted by Crippen LogP contribution is 2.23. The van der Waals surface area contributed by atoms with E-state index in [2.05, 4.69) is 15.9 Å². The molecule has 2 rings (SSSR count). The van der Waals surface area contributed by atoms with E-state index in [0.717, 1.165) is 22.0 Å². The second-order valence-corrected chi connectivity index (χ2v) is 5.96. The predicted octanol–water partition coefficient (Wildman–Crippen LogP) is 4.45. The van der Waals surface area contributed by atoms with Crippen molar-refractivity contribution in [2.75, 3.05) is 0 Å². The molecule has 0 aliphatic heterocycles. The van der Waals surface area contributed by atoms with Crippen LogP contribution in [0.2, 0.25) is 0 Å². The van der Waals surface area contributed by atoms with Gasteiger partial charge in [0.25, 0.3) is 0 Å². The highest BCUT2D eigenvalue weighted by molar-refractivity contribution is 9.10. The molecule has 0 bridgehead atoms. The molecule has 0 heterocycles. The van der Waals surface area contributed by atoms with E-state index >= 15 is 0 Å². The normalized spacial score (nSPS) is 12.2. The summed E-state index contributed by atoms with van der Waals surface area (Å²) in [5, 5.41) is 0. The number of rotatable bonds is 6. The Labute approximate surface area is 133 Å². The van der Waals surface area contributed by atoms with E-state index in [1.807, 2.05) is 31.2 Å². The summed E-state index contributed by atoms with van der Waals surface area (Å²) < 4.78 is 20.3. The van der Waals surface area contributed by atoms with E-state index in [4.69, 9.17) is 10.5 Å². The Balaban J connectivity index is 2.09. The van der Waals surface area contributed by atoms with Crippen molar-refractivity contribution in [1.29, 1.82) is 0 Å². The van der Waals surface area contributed by atoms with Crippen LogP contribution in [0.1, 0.15) is 24.5 Å². The van der Waals surface area contributed by atoms with Gasteiger partial charge in [0.1, 0.15) is 18.2 Å². The van der Waals surface area contributed by atoms with Crippen LogP contribution < -0.4 is 10.5 Å². The molecule has 4 heteroatoms. The highest BCUT2D eigenvalue weighted by Gasteiger charge is 2.09. The van der Waals surface area contributed by atoms with Crippen LogP contribution in [-0.4, -0.2) is 6.04 Å². The van der Waals surface area contributed by atoms with Gasteiger partial charge in [-0.1, -0.05) is 35.0 Å². The molecule has 0 spiro atoms. The molecule has 0 fully saturated rings. The van der Waals surface area contributed by atoms with Gasteiger partial charge in [-0.15, -0.1) is 0 Å². The summed E-state index contributed by atoms with van der Waals surface area (Å²) in [6, 6.07) is 12.5. The second kappa shape index (κ2) is 7.57. The average molecular weight is 352 g/mol. The fourth-order valence-electron chi connectivity index (χ4n) is 2.02. The minimum absolute atomic E-state index is 0.0156.